The highest BCUT2D eigenvalue weighted by Crippen LogP contribution is 2.28. The largest absolute Gasteiger partial charge is 0.495 e. The maximum absolute atomic E-state index is 12.4. The second kappa shape index (κ2) is 7.47. The molecule has 0 amide bonds. The van der Waals surface area contributed by atoms with Gasteiger partial charge in [0, 0.05) is 32.0 Å². The van der Waals surface area contributed by atoms with Crippen LogP contribution in [0.4, 0.5) is 5.69 Å². The number of rotatable bonds is 8. The van der Waals surface area contributed by atoms with Crippen LogP contribution in [0.1, 0.15) is 19.3 Å². The number of nitrogen functional groups attached to an aromatic ring is 1. The van der Waals surface area contributed by atoms with E-state index < -0.39 is 10.0 Å². The Kier molecular flexibility index (Phi) is 6.25. The third-order valence-electron chi connectivity index (χ3n) is 3.01. The maximum atomic E-state index is 12.4. The highest BCUT2D eigenvalue weighted by Gasteiger charge is 2.24. The third kappa shape index (κ3) is 4.09. The average molecular weight is 302 g/mol. The summed E-state index contributed by atoms with van der Waals surface area (Å²) in [6.07, 6.45) is 2.17. The number of anilines is 1. The number of ether oxygens (including phenoxy) is 1. The molecule has 0 unspecified atom stereocenters. The molecule has 1 rings (SSSR count). The molecule has 0 aliphatic heterocycles. The van der Waals surface area contributed by atoms with E-state index in [9.17, 15) is 8.42 Å². The highest BCUT2D eigenvalue weighted by atomic mass is 32.2. The van der Waals surface area contributed by atoms with E-state index in [4.69, 9.17) is 15.6 Å². The minimum absolute atomic E-state index is 0.110. The van der Waals surface area contributed by atoms with Crippen molar-refractivity contribution in [1.29, 1.82) is 0 Å². The number of aliphatic hydroxyl groups excluding tert-OH is 1. The summed E-state index contributed by atoms with van der Waals surface area (Å²) in [7, 11) is -0.652. The quantitative estimate of drug-likeness (QED) is 0.553. The fourth-order valence-electron chi connectivity index (χ4n) is 1.81. The zero-order chi connectivity index (χ0) is 15.2. The molecule has 0 saturated carbocycles. The first-order valence-corrected chi connectivity index (χ1v) is 7.88. The fraction of sp³-hybridized carbons (Fsp3) is 0.538. The number of hydrogen-bond acceptors (Lipinski definition) is 5. The van der Waals surface area contributed by atoms with Crippen LogP contribution < -0.4 is 10.5 Å². The predicted octanol–water partition coefficient (Wildman–Crippen LogP) is 1.06. The monoisotopic (exact) mass is 302 g/mol. The van der Waals surface area contributed by atoms with Gasteiger partial charge in [-0.3, -0.25) is 0 Å². The minimum atomic E-state index is -3.60. The van der Waals surface area contributed by atoms with E-state index in [0.29, 0.717) is 25.1 Å². The number of nitrogens with two attached hydrogens (primary N) is 1. The Morgan fingerprint density at radius 1 is 1.30 bits per heavy atom. The lowest BCUT2D eigenvalue weighted by atomic mass is 10.2. The lowest BCUT2D eigenvalue weighted by molar-refractivity contribution is 0.281. The van der Waals surface area contributed by atoms with Crippen LogP contribution in [0.15, 0.2) is 23.1 Å². The molecule has 0 fully saturated rings. The van der Waals surface area contributed by atoms with Gasteiger partial charge in [-0.1, -0.05) is 0 Å². The lowest BCUT2D eigenvalue weighted by Gasteiger charge is -2.19. The number of benzene rings is 1. The summed E-state index contributed by atoms with van der Waals surface area (Å²) >= 11 is 0. The Morgan fingerprint density at radius 3 is 2.60 bits per heavy atom. The molecule has 6 nitrogen and oxygen atoms in total. The van der Waals surface area contributed by atoms with Crippen LogP contribution in [0.3, 0.4) is 0 Å². The Balaban J connectivity index is 2.87. The van der Waals surface area contributed by atoms with Crippen molar-refractivity contribution in [3.05, 3.63) is 18.2 Å². The summed E-state index contributed by atoms with van der Waals surface area (Å²) < 4.78 is 31.3. The molecule has 7 heteroatoms. The molecule has 3 N–H and O–H groups in total. The molecular weight excluding hydrogens is 280 g/mol. The fourth-order valence-corrected chi connectivity index (χ4v) is 3.15. The summed E-state index contributed by atoms with van der Waals surface area (Å²) in [5.74, 6) is 0.243. The van der Waals surface area contributed by atoms with Crippen molar-refractivity contribution >= 4 is 15.7 Å². The van der Waals surface area contributed by atoms with Gasteiger partial charge in [0.15, 0.2) is 0 Å². The molecule has 114 valence electrons. The minimum Gasteiger partial charge on any atom is -0.495 e. The van der Waals surface area contributed by atoms with E-state index in [1.54, 1.807) is 0 Å². The predicted molar refractivity (Wildman–Crippen MR) is 78.2 cm³/mol. The van der Waals surface area contributed by atoms with Gasteiger partial charge in [-0.25, -0.2) is 12.7 Å². The van der Waals surface area contributed by atoms with Gasteiger partial charge >= 0.3 is 0 Å². The molecule has 0 aliphatic rings. The molecule has 20 heavy (non-hydrogen) atoms. The molecule has 0 aliphatic carbocycles. The Morgan fingerprint density at radius 2 is 2.00 bits per heavy atom. The summed E-state index contributed by atoms with van der Waals surface area (Å²) in [5, 5.41) is 8.70. The van der Waals surface area contributed by atoms with E-state index in [-0.39, 0.29) is 17.3 Å². The number of methoxy groups -OCH3 is 1. The summed E-state index contributed by atoms with van der Waals surface area (Å²) in [6.45, 7) is 0.526. The Bertz CT molecular complexity index is 531. The number of nitrogens with zero attached hydrogens (tertiary/aromatic N) is 1. The molecular formula is C13H22N2O4S. The zero-order valence-corrected chi connectivity index (χ0v) is 12.7. The number of aliphatic hydroxyl groups is 1. The van der Waals surface area contributed by atoms with E-state index in [1.165, 1.54) is 36.7 Å². The molecule has 0 radical (unpaired) electrons. The van der Waals surface area contributed by atoms with Crippen LogP contribution in [0.25, 0.3) is 0 Å². The molecule has 1 aromatic carbocycles. The molecule has 1 aromatic rings. The van der Waals surface area contributed by atoms with E-state index in [0.717, 1.165) is 6.42 Å². The third-order valence-corrected chi connectivity index (χ3v) is 4.90. The normalized spacial score (nSPS) is 11.8. The molecule has 0 bridgehead atoms. The van der Waals surface area contributed by atoms with Gasteiger partial charge < -0.3 is 15.6 Å². The lowest BCUT2D eigenvalue weighted by Crippen LogP contribution is -2.28. The van der Waals surface area contributed by atoms with Crippen molar-refractivity contribution in [3.63, 3.8) is 0 Å². The molecule has 0 aromatic heterocycles. The topological polar surface area (TPSA) is 92.9 Å². The second-order valence-electron chi connectivity index (χ2n) is 4.52. The van der Waals surface area contributed by atoms with Crippen molar-refractivity contribution in [1.82, 2.24) is 4.31 Å². The standard InChI is InChI=1S/C13H22N2O4S/c1-15(8-4-3-5-9-16)20(17,18)13-7-6-11(14)10-12(13)19-2/h6-7,10,16H,3-5,8-9,14H2,1-2H3. The summed E-state index contributed by atoms with van der Waals surface area (Å²) in [6, 6.07) is 4.48. The van der Waals surface area contributed by atoms with Crippen molar-refractivity contribution in [2.75, 3.05) is 33.0 Å². The first kappa shape index (κ1) is 16.7. The van der Waals surface area contributed by atoms with Crippen LogP contribution >= 0.6 is 0 Å². The number of sulfonamides is 1. The van der Waals surface area contributed by atoms with Gasteiger partial charge in [0.2, 0.25) is 10.0 Å². The number of hydrogen-bond donors (Lipinski definition) is 2. The molecule has 0 heterocycles. The van der Waals surface area contributed by atoms with E-state index in [1.807, 2.05) is 0 Å². The van der Waals surface area contributed by atoms with Crippen molar-refractivity contribution in [2.24, 2.45) is 0 Å². The van der Waals surface area contributed by atoms with Gasteiger partial charge in [-0.05, 0) is 31.4 Å². The first-order valence-electron chi connectivity index (χ1n) is 6.44. The average Bonchev–Trinajstić information content (AvgIpc) is 2.42. The number of unbranched alkanes of at least 4 members (excludes halogenated alkanes) is 2. The van der Waals surface area contributed by atoms with E-state index in [2.05, 4.69) is 0 Å². The summed E-state index contributed by atoms with van der Waals surface area (Å²) in [4.78, 5) is 0.110. The highest BCUT2D eigenvalue weighted by molar-refractivity contribution is 7.89. The van der Waals surface area contributed by atoms with E-state index >= 15 is 0 Å². The van der Waals surface area contributed by atoms with Crippen LogP contribution in [0, 0.1) is 0 Å². The zero-order valence-electron chi connectivity index (χ0n) is 11.9. The maximum Gasteiger partial charge on any atom is 0.246 e. The van der Waals surface area contributed by atoms with Gasteiger partial charge in [0.05, 0.1) is 7.11 Å². The smallest absolute Gasteiger partial charge is 0.246 e. The Labute approximate surface area is 120 Å². The molecule has 0 saturated heterocycles. The SMILES string of the molecule is COc1cc(N)ccc1S(=O)(=O)N(C)CCCCCO. The molecule has 0 atom stereocenters. The van der Waals surface area contributed by atoms with Crippen molar-refractivity contribution in [2.45, 2.75) is 24.2 Å². The first-order chi connectivity index (χ1) is 9.43. The molecule has 0 spiro atoms. The van der Waals surface area contributed by atoms with Crippen LogP contribution in [0.5, 0.6) is 5.75 Å². The Hall–Kier alpha value is -1.31. The van der Waals surface area contributed by atoms with Gasteiger partial charge in [0.25, 0.3) is 0 Å². The van der Waals surface area contributed by atoms with Crippen molar-refractivity contribution < 1.29 is 18.3 Å². The van der Waals surface area contributed by atoms with Crippen LogP contribution in [-0.4, -0.2) is 45.1 Å². The summed E-state index contributed by atoms with van der Waals surface area (Å²) in [5.41, 5.74) is 6.07. The second-order valence-corrected chi connectivity index (χ2v) is 6.53. The van der Waals surface area contributed by atoms with Gasteiger partial charge in [-0.2, -0.15) is 0 Å². The van der Waals surface area contributed by atoms with Crippen molar-refractivity contribution in [3.8, 4) is 5.75 Å². The van der Waals surface area contributed by atoms with Gasteiger partial charge in [-0.15, -0.1) is 0 Å². The van der Waals surface area contributed by atoms with Crippen LogP contribution in [-0.2, 0) is 10.0 Å². The van der Waals surface area contributed by atoms with Gasteiger partial charge in [0.1, 0.15) is 10.6 Å². The van der Waals surface area contributed by atoms with Crippen LogP contribution in [0.2, 0.25) is 0 Å².